The molecule has 7 heteroatoms. The Morgan fingerprint density at radius 2 is 2.10 bits per heavy atom. The highest BCUT2D eigenvalue weighted by atomic mass is 19.1. The number of rotatable bonds is 9. The van der Waals surface area contributed by atoms with Gasteiger partial charge in [-0.1, -0.05) is 24.3 Å². The van der Waals surface area contributed by atoms with Gasteiger partial charge in [-0.25, -0.2) is 14.2 Å². The number of urea groups is 1. The molecule has 6 nitrogen and oxygen atoms in total. The summed E-state index contributed by atoms with van der Waals surface area (Å²) in [6, 6.07) is 12.1. The largest absolute Gasteiger partial charge is 0.494 e. The minimum absolute atomic E-state index is 0.170. The fraction of sp³-hybridized carbons (Fsp3) is 0.304. The second-order valence-corrected chi connectivity index (χ2v) is 7.03. The molecule has 0 unspecified atom stereocenters. The highest BCUT2D eigenvalue weighted by molar-refractivity contribution is 5.89. The van der Waals surface area contributed by atoms with E-state index in [0.717, 1.165) is 29.8 Å². The van der Waals surface area contributed by atoms with Crippen molar-refractivity contribution in [2.75, 3.05) is 18.5 Å². The number of halogens is 1. The van der Waals surface area contributed by atoms with Gasteiger partial charge in [-0.05, 0) is 44.0 Å². The first-order valence-corrected chi connectivity index (χ1v) is 10.1. The monoisotopic (exact) mass is 410 g/mol. The van der Waals surface area contributed by atoms with E-state index in [0.29, 0.717) is 19.7 Å². The maximum atomic E-state index is 14.2. The fourth-order valence-electron chi connectivity index (χ4n) is 3.17. The Kier molecular flexibility index (Phi) is 7.43. The minimum atomic E-state index is -0.448. The van der Waals surface area contributed by atoms with Crippen LogP contribution in [0, 0.1) is 12.7 Å². The van der Waals surface area contributed by atoms with E-state index in [2.05, 4.69) is 10.3 Å². The van der Waals surface area contributed by atoms with Gasteiger partial charge in [-0.3, -0.25) is 0 Å². The molecule has 0 saturated carbocycles. The summed E-state index contributed by atoms with van der Waals surface area (Å²) in [5, 5.41) is 2.70. The van der Waals surface area contributed by atoms with E-state index in [1.807, 2.05) is 48.9 Å². The maximum absolute atomic E-state index is 14.2. The molecule has 1 N–H and O–H groups in total. The molecule has 0 atom stereocenters. The number of aromatic nitrogens is 2. The van der Waals surface area contributed by atoms with Crippen LogP contribution in [0.5, 0.6) is 5.75 Å². The van der Waals surface area contributed by atoms with E-state index in [1.165, 1.54) is 6.07 Å². The molecule has 3 rings (SSSR count). The lowest BCUT2D eigenvalue weighted by atomic mass is 10.2. The number of aryl methyl sites for hydroxylation is 2. The van der Waals surface area contributed by atoms with E-state index >= 15 is 0 Å². The van der Waals surface area contributed by atoms with Gasteiger partial charge in [0.25, 0.3) is 0 Å². The van der Waals surface area contributed by atoms with E-state index in [1.54, 1.807) is 29.6 Å². The first-order chi connectivity index (χ1) is 14.6. The predicted molar refractivity (Wildman–Crippen MR) is 115 cm³/mol. The number of anilines is 1. The van der Waals surface area contributed by atoms with Crippen molar-refractivity contribution in [1.29, 1.82) is 0 Å². The third-order valence-electron chi connectivity index (χ3n) is 4.69. The van der Waals surface area contributed by atoms with Crippen LogP contribution < -0.4 is 10.1 Å². The molecule has 158 valence electrons. The van der Waals surface area contributed by atoms with Crippen LogP contribution in [-0.2, 0) is 13.1 Å². The lowest BCUT2D eigenvalue weighted by molar-refractivity contribution is 0.206. The number of para-hydroxylation sites is 1. The van der Waals surface area contributed by atoms with E-state index < -0.39 is 5.82 Å². The second kappa shape index (κ2) is 10.4. The van der Waals surface area contributed by atoms with Crippen molar-refractivity contribution in [2.24, 2.45) is 0 Å². The van der Waals surface area contributed by atoms with Gasteiger partial charge in [0.1, 0.15) is 11.6 Å². The zero-order chi connectivity index (χ0) is 21.3. The number of nitrogens with one attached hydrogen (secondary N) is 1. The van der Waals surface area contributed by atoms with Crippen LogP contribution in [0.25, 0.3) is 0 Å². The summed E-state index contributed by atoms with van der Waals surface area (Å²) < 4.78 is 21.9. The van der Waals surface area contributed by atoms with E-state index in [4.69, 9.17) is 4.74 Å². The number of nitrogens with zero attached hydrogens (tertiary/aromatic N) is 3. The van der Waals surface area contributed by atoms with Gasteiger partial charge in [0.15, 0.2) is 0 Å². The maximum Gasteiger partial charge on any atom is 0.322 e. The molecule has 0 aliphatic rings. The summed E-state index contributed by atoms with van der Waals surface area (Å²) in [6.45, 7) is 5.86. The summed E-state index contributed by atoms with van der Waals surface area (Å²) in [5.41, 5.74) is 1.87. The van der Waals surface area contributed by atoms with Crippen molar-refractivity contribution in [3.05, 3.63) is 78.1 Å². The molecule has 0 bridgehead atoms. The number of carbonyl (C=O) groups is 1. The smallest absolute Gasteiger partial charge is 0.322 e. The number of ether oxygens (including phenoxy) is 1. The van der Waals surface area contributed by atoms with Crippen molar-refractivity contribution in [2.45, 2.75) is 33.4 Å². The van der Waals surface area contributed by atoms with Crippen molar-refractivity contribution in [3.8, 4) is 5.75 Å². The lowest BCUT2D eigenvalue weighted by Crippen LogP contribution is -2.36. The summed E-state index contributed by atoms with van der Waals surface area (Å²) in [7, 11) is 0. The highest BCUT2D eigenvalue weighted by Crippen LogP contribution is 2.21. The van der Waals surface area contributed by atoms with Gasteiger partial charge in [0.05, 0.1) is 25.2 Å². The predicted octanol–water partition coefficient (Wildman–Crippen LogP) is 4.85. The normalized spacial score (nSPS) is 10.6. The van der Waals surface area contributed by atoms with Crippen molar-refractivity contribution in [3.63, 3.8) is 0 Å². The molecule has 2 amide bonds. The van der Waals surface area contributed by atoms with E-state index in [-0.39, 0.29) is 11.7 Å². The molecule has 0 spiro atoms. The van der Waals surface area contributed by atoms with Crippen LogP contribution in [0.1, 0.15) is 24.5 Å². The van der Waals surface area contributed by atoms with Crippen LogP contribution in [0.4, 0.5) is 14.9 Å². The SMILES string of the molecule is CCOc1ccccc1CN(CCCn1ccnc1)C(=O)Nc1ccc(C)cc1F. The Hall–Kier alpha value is -3.35. The Bertz CT molecular complexity index is 960. The Morgan fingerprint density at radius 3 is 2.83 bits per heavy atom. The number of benzene rings is 2. The number of hydrogen-bond donors (Lipinski definition) is 1. The number of amides is 2. The zero-order valence-electron chi connectivity index (χ0n) is 17.3. The Morgan fingerprint density at radius 1 is 1.27 bits per heavy atom. The van der Waals surface area contributed by atoms with Gasteiger partial charge >= 0.3 is 6.03 Å². The van der Waals surface area contributed by atoms with E-state index in [9.17, 15) is 9.18 Å². The first-order valence-electron chi connectivity index (χ1n) is 10.1. The van der Waals surface area contributed by atoms with Gasteiger partial charge < -0.3 is 19.5 Å². The van der Waals surface area contributed by atoms with Gasteiger partial charge in [-0.2, -0.15) is 0 Å². The van der Waals surface area contributed by atoms with Crippen LogP contribution in [0.15, 0.2) is 61.2 Å². The molecule has 0 aliphatic carbocycles. The molecular formula is C23H27FN4O2. The van der Waals surface area contributed by atoms with Gasteiger partial charge in [0.2, 0.25) is 0 Å². The van der Waals surface area contributed by atoms with Gasteiger partial charge in [0, 0.05) is 31.0 Å². The number of hydrogen-bond acceptors (Lipinski definition) is 3. The third-order valence-corrected chi connectivity index (χ3v) is 4.69. The van der Waals surface area contributed by atoms with Crippen molar-refractivity contribution < 1.29 is 13.9 Å². The van der Waals surface area contributed by atoms with Crippen molar-refractivity contribution in [1.82, 2.24) is 14.5 Å². The molecule has 2 aromatic carbocycles. The zero-order valence-corrected chi connectivity index (χ0v) is 17.3. The Balaban J connectivity index is 1.74. The summed E-state index contributed by atoms with van der Waals surface area (Å²) >= 11 is 0. The minimum Gasteiger partial charge on any atom is -0.494 e. The first kappa shape index (κ1) is 21.4. The number of imidazole rings is 1. The number of carbonyl (C=O) groups excluding carboxylic acids is 1. The van der Waals surface area contributed by atoms with Crippen LogP contribution in [-0.4, -0.2) is 33.6 Å². The molecule has 1 heterocycles. The fourth-order valence-corrected chi connectivity index (χ4v) is 3.17. The topological polar surface area (TPSA) is 59.4 Å². The summed E-state index contributed by atoms with van der Waals surface area (Å²) in [6.07, 6.45) is 6.09. The van der Waals surface area contributed by atoms with Crippen molar-refractivity contribution >= 4 is 11.7 Å². The molecular weight excluding hydrogens is 383 g/mol. The van der Waals surface area contributed by atoms with Crippen LogP contribution in [0.2, 0.25) is 0 Å². The highest BCUT2D eigenvalue weighted by Gasteiger charge is 2.17. The molecule has 1 aromatic heterocycles. The quantitative estimate of drug-likeness (QED) is 0.548. The van der Waals surface area contributed by atoms with Crippen LogP contribution >= 0.6 is 0 Å². The lowest BCUT2D eigenvalue weighted by Gasteiger charge is -2.24. The molecule has 30 heavy (non-hydrogen) atoms. The molecule has 0 aliphatic heterocycles. The standard InChI is InChI=1S/C23H27FN4O2/c1-3-30-22-8-5-4-7-19(22)16-28(13-6-12-27-14-11-25-17-27)23(29)26-21-10-9-18(2)15-20(21)24/h4-5,7-11,14-15,17H,3,6,12-13,16H2,1-2H3,(H,26,29). The molecule has 0 fully saturated rings. The summed E-state index contributed by atoms with van der Waals surface area (Å²) in [5.74, 6) is 0.297. The molecule has 3 aromatic rings. The van der Waals surface area contributed by atoms with Crippen LogP contribution in [0.3, 0.4) is 0 Å². The third kappa shape index (κ3) is 5.83. The summed E-state index contributed by atoms with van der Waals surface area (Å²) in [4.78, 5) is 18.7. The average Bonchev–Trinajstić information content (AvgIpc) is 3.24. The molecule has 0 saturated heterocycles. The average molecular weight is 410 g/mol. The van der Waals surface area contributed by atoms with Gasteiger partial charge in [-0.15, -0.1) is 0 Å². The Labute approximate surface area is 176 Å². The second-order valence-electron chi connectivity index (χ2n) is 7.03. The molecule has 0 radical (unpaired) electrons.